The van der Waals surface area contributed by atoms with Crippen molar-refractivity contribution in [1.29, 1.82) is 5.41 Å². The summed E-state index contributed by atoms with van der Waals surface area (Å²) in [5, 5.41) is 29.1. The van der Waals surface area contributed by atoms with Crippen molar-refractivity contribution in [2.45, 2.75) is 19.2 Å². The Kier molecular flexibility index (Phi) is 6.34. The summed E-state index contributed by atoms with van der Waals surface area (Å²) < 4.78 is 10.5. The van der Waals surface area contributed by atoms with Crippen LogP contribution in [0.1, 0.15) is 17.4 Å². The van der Waals surface area contributed by atoms with Gasteiger partial charge < -0.3 is 19.0 Å². The summed E-state index contributed by atoms with van der Waals surface area (Å²) in [4.78, 5) is 0. The summed E-state index contributed by atoms with van der Waals surface area (Å²) in [7, 11) is 1.62. The lowest BCUT2D eigenvalue weighted by Crippen LogP contribution is -2.27. The number of hydrogen-bond acceptors (Lipinski definition) is 5. The van der Waals surface area contributed by atoms with Crippen LogP contribution in [0.4, 0.5) is 0 Å². The Labute approximate surface area is 211 Å². The van der Waals surface area contributed by atoms with Crippen LogP contribution in [-0.4, -0.2) is 36.3 Å². The van der Waals surface area contributed by atoms with Crippen LogP contribution < -0.4 is 10.4 Å². The fraction of sp³-hybridized carbons (Fsp3) is 0.160. The maximum Gasteiger partial charge on any atom is 0.203 e. The van der Waals surface area contributed by atoms with Crippen molar-refractivity contribution < 1.29 is 9.84 Å². The van der Waals surface area contributed by atoms with Crippen LogP contribution in [0, 0.1) is 5.41 Å². The van der Waals surface area contributed by atoms with E-state index in [4.69, 9.17) is 33.3 Å². The second kappa shape index (κ2) is 9.58. The van der Waals surface area contributed by atoms with Crippen molar-refractivity contribution in [1.82, 2.24) is 24.1 Å². The molecule has 0 spiro atoms. The normalized spacial score (nSPS) is 12.2. The third-order valence-corrected chi connectivity index (χ3v) is 6.60. The van der Waals surface area contributed by atoms with Crippen LogP contribution in [0.25, 0.3) is 16.7 Å². The van der Waals surface area contributed by atoms with Crippen molar-refractivity contribution in [3.8, 4) is 11.4 Å². The second-order valence-electron chi connectivity index (χ2n) is 8.05. The van der Waals surface area contributed by atoms with Crippen LogP contribution in [0.5, 0.6) is 5.75 Å². The molecule has 0 saturated heterocycles. The van der Waals surface area contributed by atoms with Gasteiger partial charge in [0.2, 0.25) is 5.62 Å². The Balaban J connectivity index is 1.45. The van der Waals surface area contributed by atoms with Crippen LogP contribution in [-0.2, 0) is 13.1 Å². The van der Waals surface area contributed by atoms with Gasteiger partial charge in [-0.25, -0.2) is 4.68 Å². The minimum absolute atomic E-state index is 0.183. The molecule has 0 fully saturated rings. The number of benzene rings is 3. The van der Waals surface area contributed by atoms with E-state index in [0.29, 0.717) is 27.8 Å². The number of methoxy groups -OCH3 is 1. The molecule has 35 heavy (non-hydrogen) atoms. The van der Waals surface area contributed by atoms with E-state index in [-0.39, 0.29) is 12.2 Å². The van der Waals surface area contributed by atoms with Crippen molar-refractivity contribution in [3.63, 3.8) is 0 Å². The van der Waals surface area contributed by atoms with Gasteiger partial charge in [0.25, 0.3) is 0 Å². The average molecular weight is 509 g/mol. The zero-order valence-electron chi connectivity index (χ0n) is 18.8. The number of fused-ring (bicyclic) bond motifs is 1. The first-order valence-corrected chi connectivity index (χ1v) is 11.6. The molecule has 0 bridgehead atoms. The quantitative estimate of drug-likeness (QED) is 0.335. The van der Waals surface area contributed by atoms with Gasteiger partial charge in [-0.1, -0.05) is 46.6 Å². The molecule has 0 aliphatic rings. The van der Waals surface area contributed by atoms with Gasteiger partial charge in [-0.15, -0.1) is 5.10 Å². The van der Waals surface area contributed by atoms with Crippen LogP contribution >= 0.6 is 23.2 Å². The van der Waals surface area contributed by atoms with Gasteiger partial charge in [0.05, 0.1) is 59.3 Å². The van der Waals surface area contributed by atoms with Crippen molar-refractivity contribution >= 4 is 34.2 Å². The highest BCUT2D eigenvalue weighted by Gasteiger charge is 2.17. The molecule has 0 radical (unpaired) electrons. The lowest BCUT2D eigenvalue weighted by atomic mass is 10.1. The lowest BCUT2D eigenvalue weighted by molar-refractivity contribution is 0.155. The molecule has 1 atom stereocenters. The lowest BCUT2D eigenvalue weighted by Gasteiger charge is -2.13. The molecule has 0 aliphatic heterocycles. The van der Waals surface area contributed by atoms with Crippen molar-refractivity contribution in [2.24, 2.45) is 0 Å². The number of nitrogens with zero attached hydrogens (tertiary/aromatic N) is 5. The first-order valence-electron chi connectivity index (χ1n) is 10.9. The van der Waals surface area contributed by atoms with Gasteiger partial charge in [-0.2, -0.15) is 0 Å². The Morgan fingerprint density at radius 2 is 1.69 bits per heavy atom. The fourth-order valence-electron chi connectivity index (χ4n) is 4.03. The minimum atomic E-state index is -0.867. The van der Waals surface area contributed by atoms with Crippen molar-refractivity contribution in [3.05, 3.63) is 99.8 Å². The zero-order chi connectivity index (χ0) is 24.5. The molecule has 2 aromatic heterocycles. The van der Waals surface area contributed by atoms with E-state index in [2.05, 4.69) is 10.3 Å². The zero-order valence-corrected chi connectivity index (χ0v) is 20.3. The van der Waals surface area contributed by atoms with E-state index < -0.39 is 6.10 Å². The molecule has 2 heterocycles. The Morgan fingerprint density at radius 1 is 0.971 bits per heavy atom. The molecule has 5 rings (SSSR count). The highest BCUT2D eigenvalue weighted by molar-refractivity contribution is 6.42. The molecule has 0 amide bonds. The maximum absolute atomic E-state index is 10.9. The van der Waals surface area contributed by atoms with Crippen molar-refractivity contribution in [2.75, 3.05) is 7.11 Å². The molecule has 0 aliphatic carbocycles. The number of halogens is 2. The molecular formula is C25H22Cl2N6O2. The Hall–Kier alpha value is -3.59. The summed E-state index contributed by atoms with van der Waals surface area (Å²) in [6.45, 7) is 0.536. The number of nitrogens with one attached hydrogen (secondary N) is 1. The first kappa shape index (κ1) is 23.2. The van der Waals surface area contributed by atoms with Gasteiger partial charge >= 0.3 is 0 Å². The largest absolute Gasteiger partial charge is 0.497 e. The molecule has 0 saturated carbocycles. The highest BCUT2D eigenvalue weighted by Crippen LogP contribution is 2.27. The number of aliphatic hydroxyl groups excluding tert-OH is 1. The van der Waals surface area contributed by atoms with E-state index in [9.17, 15) is 5.11 Å². The smallest absolute Gasteiger partial charge is 0.203 e. The van der Waals surface area contributed by atoms with Gasteiger partial charge in [-0.05, 0) is 54.1 Å². The van der Waals surface area contributed by atoms with Crippen LogP contribution in [0.15, 0.2) is 72.9 Å². The number of aromatic nitrogens is 5. The van der Waals surface area contributed by atoms with E-state index >= 15 is 0 Å². The molecule has 8 nitrogen and oxygen atoms in total. The molecule has 2 N–H and O–H groups in total. The molecule has 5 aromatic rings. The van der Waals surface area contributed by atoms with E-state index in [1.165, 1.54) is 0 Å². The summed E-state index contributed by atoms with van der Waals surface area (Å²) in [5.74, 6) is 0.763. The molecule has 10 heteroatoms. The summed E-state index contributed by atoms with van der Waals surface area (Å²) in [6.07, 6.45) is 0.972. The fourth-order valence-corrected chi connectivity index (χ4v) is 4.34. The Bertz CT molecular complexity index is 1550. The van der Waals surface area contributed by atoms with E-state index in [1.807, 2.05) is 59.3 Å². The Morgan fingerprint density at radius 3 is 2.37 bits per heavy atom. The molecule has 1 unspecified atom stereocenters. The number of aliphatic hydroxyl groups is 1. The minimum Gasteiger partial charge on any atom is -0.497 e. The van der Waals surface area contributed by atoms with Gasteiger partial charge in [0, 0.05) is 0 Å². The monoisotopic (exact) mass is 508 g/mol. The molecular weight excluding hydrogens is 487 g/mol. The number of rotatable bonds is 7. The molecule has 178 valence electrons. The number of para-hydroxylation sites is 2. The standard InChI is InChI=1S/C25H22Cl2N6O2/c1-35-19-9-7-18(8-10-19)33-14-17(29-30-33)13-31-22-4-2-3-5-23(22)32(25(31)28)15-24(34)16-6-11-20(26)21(27)12-16/h2-12,14,24,28,34H,13,15H2,1H3. The van der Waals surface area contributed by atoms with E-state index in [1.54, 1.807) is 34.6 Å². The first-order chi connectivity index (χ1) is 16.9. The predicted molar refractivity (Wildman–Crippen MR) is 134 cm³/mol. The van der Waals surface area contributed by atoms with Crippen LogP contribution in [0.2, 0.25) is 10.0 Å². The maximum atomic E-state index is 10.9. The third-order valence-electron chi connectivity index (χ3n) is 5.86. The second-order valence-corrected chi connectivity index (χ2v) is 8.87. The molecule has 3 aromatic carbocycles. The van der Waals surface area contributed by atoms with Gasteiger partial charge in [0.15, 0.2) is 0 Å². The number of ether oxygens (including phenoxy) is 1. The highest BCUT2D eigenvalue weighted by atomic mass is 35.5. The summed E-state index contributed by atoms with van der Waals surface area (Å²) in [5.41, 5.74) is 4.12. The average Bonchev–Trinajstić information content (AvgIpc) is 3.45. The predicted octanol–water partition coefficient (Wildman–Crippen LogP) is 4.60. The topological polar surface area (TPSA) is 93.9 Å². The van der Waals surface area contributed by atoms with E-state index in [0.717, 1.165) is 22.5 Å². The number of imidazole rings is 1. The van der Waals surface area contributed by atoms with Gasteiger partial charge in [0.1, 0.15) is 11.4 Å². The SMILES string of the molecule is COc1ccc(-n2cc(Cn3c(=N)n(CC(O)c4ccc(Cl)c(Cl)c4)c4ccccc43)nn2)cc1. The summed E-state index contributed by atoms with van der Waals surface area (Å²) >= 11 is 12.1. The summed E-state index contributed by atoms with van der Waals surface area (Å²) in [6, 6.07) is 20.3. The number of hydrogen-bond donors (Lipinski definition) is 2. The van der Waals surface area contributed by atoms with Gasteiger partial charge in [-0.3, -0.25) is 5.41 Å². The van der Waals surface area contributed by atoms with Crippen LogP contribution in [0.3, 0.4) is 0 Å². The third kappa shape index (κ3) is 4.55.